The third-order valence-electron chi connectivity index (χ3n) is 1.78. The second-order valence-electron chi connectivity index (χ2n) is 3.67. The number of hydrogen-bond donors (Lipinski definition) is 0. The molecule has 0 radical (unpaired) electrons. The van der Waals surface area contributed by atoms with Crippen LogP contribution in [-0.4, -0.2) is 29.2 Å². The maximum atomic E-state index is 11.6. The standard InChI is InChI=1S/C10H20BrNO/c1-4-6-12(7-5-11)10(13)8-9(2)3/h9H,4-8H2,1-3H3. The van der Waals surface area contributed by atoms with E-state index in [-0.39, 0.29) is 5.91 Å². The number of halogens is 1. The van der Waals surface area contributed by atoms with E-state index in [9.17, 15) is 4.79 Å². The Morgan fingerprint density at radius 1 is 1.38 bits per heavy atom. The number of nitrogens with zero attached hydrogens (tertiary/aromatic N) is 1. The molecule has 0 atom stereocenters. The second kappa shape index (κ2) is 7.36. The lowest BCUT2D eigenvalue weighted by Crippen LogP contribution is -2.34. The van der Waals surface area contributed by atoms with E-state index in [2.05, 4.69) is 36.7 Å². The van der Waals surface area contributed by atoms with Crippen molar-refractivity contribution in [2.24, 2.45) is 5.92 Å². The Kier molecular flexibility index (Phi) is 7.33. The van der Waals surface area contributed by atoms with Gasteiger partial charge in [-0.15, -0.1) is 0 Å². The first-order valence-corrected chi connectivity index (χ1v) is 6.07. The fourth-order valence-corrected chi connectivity index (χ4v) is 1.64. The van der Waals surface area contributed by atoms with Crippen LogP contribution in [0.3, 0.4) is 0 Å². The smallest absolute Gasteiger partial charge is 0.222 e. The minimum atomic E-state index is 0.288. The minimum absolute atomic E-state index is 0.288. The highest BCUT2D eigenvalue weighted by Crippen LogP contribution is 2.05. The predicted molar refractivity (Wildman–Crippen MR) is 60.1 cm³/mol. The van der Waals surface area contributed by atoms with Crippen molar-refractivity contribution in [3.63, 3.8) is 0 Å². The third kappa shape index (κ3) is 6.08. The van der Waals surface area contributed by atoms with Gasteiger partial charge in [-0.1, -0.05) is 36.7 Å². The molecule has 0 spiro atoms. The highest BCUT2D eigenvalue weighted by molar-refractivity contribution is 9.09. The van der Waals surface area contributed by atoms with Gasteiger partial charge < -0.3 is 4.90 Å². The number of rotatable bonds is 6. The first-order valence-electron chi connectivity index (χ1n) is 4.95. The van der Waals surface area contributed by atoms with E-state index in [4.69, 9.17) is 0 Å². The summed E-state index contributed by atoms with van der Waals surface area (Å²) in [7, 11) is 0. The van der Waals surface area contributed by atoms with Crippen LogP contribution in [0.4, 0.5) is 0 Å². The summed E-state index contributed by atoms with van der Waals surface area (Å²) in [6.07, 6.45) is 1.71. The van der Waals surface area contributed by atoms with Gasteiger partial charge >= 0.3 is 0 Å². The highest BCUT2D eigenvalue weighted by Gasteiger charge is 2.12. The molecule has 0 saturated carbocycles. The van der Waals surface area contributed by atoms with Gasteiger partial charge in [0.25, 0.3) is 0 Å². The fraction of sp³-hybridized carbons (Fsp3) is 0.900. The van der Waals surface area contributed by atoms with Crippen LogP contribution in [0.1, 0.15) is 33.6 Å². The Bertz CT molecular complexity index is 142. The first kappa shape index (κ1) is 12.9. The van der Waals surface area contributed by atoms with Gasteiger partial charge in [-0.05, 0) is 12.3 Å². The van der Waals surface area contributed by atoms with Crippen LogP contribution in [0.25, 0.3) is 0 Å². The first-order chi connectivity index (χ1) is 6.11. The molecule has 1 amide bonds. The van der Waals surface area contributed by atoms with E-state index < -0.39 is 0 Å². The Balaban J connectivity index is 3.95. The molecule has 0 aliphatic rings. The average Bonchev–Trinajstić information content (AvgIpc) is 2.02. The van der Waals surface area contributed by atoms with Gasteiger partial charge in [0.2, 0.25) is 5.91 Å². The van der Waals surface area contributed by atoms with Crippen molar-refractivity contribution in [1.29, 1.82) is 0 Å². The van der Waals surface area contributed by atoms with Crippen LogP contribution in [0.15, 0.2) is 0 Å². The number of carbonyl (C=O) groups is 1. The molecule has 0 unspecified atom stereocenters. The number of hydrogen-bond acceptors (Lipinski definition) is 1. The third-order valence-corrected chi connectivity index (χ3v) is 2.14. The number of carbonyl (C=O) groups excluding carboxylic acids is 1. The summed E-state index contributed by atoms with van der Waals surface area (Å²) in [5, 5.41) is 0.872. The summed E-state index contributed by atoms with van der Waals surface area (Å²) in [6.45, 7) is 7.98. The Hall–Kier alpha value is -0.0500. The summed E-state index contributed by atoms with van der Waals surface area (Å²) in [5.41, 5.74) is 0. The predicted octanol–water partition coefficient (Wildman–Crippen LogP) is 2.67. The summed E-state index contributed by atoms with van der Waals surface area (Å²) < 4.78 is 0. The van der Waals surface area contributed by atoms with Crippen LogP contribution in [0.2, 0.25) is 0 Å². The molecule has 0 fully saturated rings. The van der Waals surface area contributed by atoms with Crippen LogP contribution in [0, 0.1) is 5.92 Å². The van der Waals surface area contributed by atoms with Crippen molar-refractivity contribution >= 4 is 21.8 Å². The van der Waals surface area contributed by atoms with Crippen molar-refractivity contribution < 1.29 is 4.79 Å². The lowest BCUT2D eigenvalue weighted by molar-refractivity contribution is -0.131. The summed E-state index contributed by atoms with van der Waals surface area (Å²) in [5.74, 6) is 0.749. The van der Waals surface area contributed by atoms with Crippen molar-refractivity contribution in [2.45, 2.75) is 33.6 Å². The lowest BCUT2D eigenvalue weighted by Gasteiger charge is -2.21. The molecule has 0 rings (SSSR count). The van der Waals surface area contributed by atoms with Crippen LogP contribution < -0.4 is 0 Å². The van der Waals surface area contributed by atoms with E-state index in [0.717, 1.165) is 24.8 Å². The minimum Gasteiger partial charge on any atom is -0.342 e. The van der Waals surface area contributed by atoms with Crippen molar-refractivity contribution in [1.82, 2.24) is 4.90 Å². The van der Waals surface area contributed by atoms with Gasteiger partial charge in [0.15, 0.2) is 0 Å². The van der Waals surface area contributed by atoms with Gasteiger partial charge in [-0.25, -0.2) is 0 Å². The molecule has 0 aliphatic carbocycles. The average molecular weight is 250 g/mol. The summed E-state index contributed by atoms with van der Waals surface area (Å²) in [6, 6.07) is 0. The SMILES string of the molecule is CCCN(CCBr)C(=O)CC(C)C. The lowest BCUT2D eigenvalue weighted by atomic mass is 10.1. The van der Waals surface area contributed by atoms with E-state index in [1.54, 1.807) is 0 Å². The quantitative estimate of drug-likeness (QED) is 0.664. The number of alkyl halides is 1. The molecule has 3 heteroatoms. The Labute approximate surface area is 89.8 Å². The van der Waals surface area contributed by atoms with Gasteiger partial charge in [-0.3, -0.25) is 4.79 Å². The molecule has 0 heterocycles. The van der Waals surface area contributed by atoms with E-state index in [1.807, 2.05) is 4.90 Å². The van der Waals surface area contributed by atoms with E-state index in [0.29, 0.717) is 12.3 Å². The fourth-order valence-electron chi connectivity index (χ4n) is 1.21. The molecule has 0 aromatic heterocycles. The van der Waals surface area contributed by atoms with Gasteiger partial charge in [0.1, 0.15) is 0 Å². The molecule has 0 aromatic rings. The van der Waals surface area contributed by atoms with Gasteiger partial charge in [0.05, 0.1) is 0 Å². The summed E-state index contributed by atoms with van der Waals surface area (Å²) in [4.78, 5) is 13.6. The van der Waals surface area contributed by atoms with E-state index >= 15 is 0 Å². The molecule has 0 bridgehead atoms. The van der Waals surface area contributed by atoms with Crippen molar-refractivity contribution in [3.8, 4) is 0 Å². The molecular weight excluding hydrogens is 230 g/mol. The molecule has 0 N–H and O–H groups in total. The largest absolute Gasteiger partial charge is 0.342 e. The molecule has 0 aliphatic heterocycles. The molecule has 2 nitrogen and oxygen atoms in total. The Morgan fingerprint density at radius 3 is 2.38 bits per heavy atom. The molecule has 13 heavy (non-hydrogen) atoms. The van der Waals surface area contributed by atoms with E-state index in [1.165, 1.54) is 0 Å². The molecule has 78 valence electrons. The highest BCUT2D eigenvalue weighted by atomic mass is 79.9. The van der Waals surface area contributed by atoms with Crippen molar-refractivity contribution in [2.75, 3.05) is 18.4 Å². The zero-order valence-electron chi connectivity index (χ0n) is 8.85. The van der Waals surface area contributed by atoms with Crippen LogP contribution in [-0.2, 0) is 4.79 Å². The van der Waals surface area contributed by atoms with Crippen LogP contribution >= 0.6 is 15.9 Å². The second-order valence-corrected chi connectivity index (χ2v) is 4.46. The summed E-state index contributed by atoms with van der Waals surface area (Å²) >= 11 is 3.36. The van der Waals surface area contributed by atoms with Gasteiger partial charge in [-0.2, -0.15) is 0 Å². The monoisotopic (exact) mass is 249 g/mol. The molecule has 0 aromatic carbocycles. The topological polar surface area (TPSA) is 20.3 Å². The van der Waals surface area contributed by atoms with Crippen LogP contribution in [0.5, 0.6) is 0 Å². The Morgan fingerprint density at radius 2 is 2.00 bits per heavy atom. The maximum Gasteiger partial charge on any atom is 0.222 e. The normalized spacial score (nSPS) is 10.5. The number of amides is 1. The maximum absolute atomic E-state index is 11.6. The zero-order chi connectivity index (χ0) is 10.3. The zero-order valence-corrected chi connectivity index (χ0v) is 10.4. The molecule has 0 saturated heterocycles. The molecular formula is C10H20BrNO. The van der Waals surface area contributed by atoms with Gasteiger partial charge in [0, 0.05) is 24.8 Å². The van der Waals surface area contributed by atoms with Crippen molar-refractivity contribution in [3.05, 3.63) is 0 Å².